The minimum Gasteiger partial charge on any atom is -0.357 e. The van der Waals surface area contributed by atoms with E-state index in [1.165, 1.54) is 12.8 Å². The van der Waals surface area contributed by atoms with Crippen LogP contribution < -0.4 is 15.5 Å². The van der Waals surface area contributed by atoms with Gasteiger partial charge in [0.2, 0.25) is 5.91 Å². The molecule has 122 valence electrons. The molecule has 2 N–H and O–H groups in total. The van der Waals surface area contributed by atoms with Crippen LogP contribution in [-0.4, -0.2) is 36.6 Å². The normalized spacial score (nSPS) is 24.7. The lowest BCUT2D eigenvalue weighted by molar-refractivity contribution is -0.120. The molecule has 0 unspecified atom stereocenters. The number of amides is 1. The van der Waals surface area contributed by atoms with Gasteiger partial charge in [-0.25, -0.2) is 4.98 Å². The molecule has 2 saturated heterocycles. The number of anilines is 2. The van der Waals surface area contributed by atoms with Gasteiger partial charge in [-0.3, -0.25) is 4.79 Å². The van der Waals surface area contributed by atoms with E-state index in [1.54, 1.807) is 6.20 Å². The lowest BCUT2D eigenvalue weighted by Gasteiger charge is -2.27. The predicted molar refractivity (Wildman–Crippen MR) is 91.8 cm³/mol. The molecule has 2 aliphatic heterocycles. The molecule has 1 aromatic heterocycles. The number of aromatic nitrogens is 1. The van der Waals surface area contributed by atoms with Gasteiger partial charge >= 0.3 is 0 Å². The highest BCUT2D eigenvalue weighted by molar-refractivity contribution is 5.92. The fraction of sp³-hybridized carbons (Fsp3) is 0.625. The number of halogens is 1. The quantitative estimate of drug-likeness (QED) is 0.896. The Balaban J connectivity index is 0.00000176. The van der Waals surface area contributed by atoms with Gasteiger partial charge in [-0.15, -0.1) is 12.4 Å². The van der Waals surface area contributed by atoms with Gasteiger partial charge in [-0.1, -0.05) is 0 Å². The monoisotopic (exact) mass is 324 g/mol. The Hall–Kier alpha value is -1.33. The summed E-state index contributed by atoms with van der Waals surface area (Å²) in [6.45, 7) is 5.23. The summed E-state index contributed by atoms with van der Waals surface area (Å²) in [5.74, 6) is 1.25. The van der Waals surface area contributed by atoms with Crippen molar-refractivity contribution in [2.45, 2.75) is 38.6 Å². The van der Waals surface area contributed by atoms with E-state index < -0.39 is 0 Å². The summed E-state index contributed by atoms with van der Waals surface area (Å²) in [6, 6.07) is 4.39. The van der Waals surface area contributed by atoms with Crippen molar-refractivity contribution in [3.63, 3.8) is 0 Å². The zero-order chi connectivity index (χ0) is 14.7. The van der Waals surface area contributed by atoms with Crippen molar-refractivity contribution in [3.8, 4) is 0 Å². The number of carbonyl (C=O) groups excluding carboxylic acids is 1. The number of nitrogens with zero attached hydrogens (tertiary/aromatic N) is 2. The Morgan fingerprint density at radius 1 is 1.36 bits per heavy atom. The molecular formula is C16H25ClN4O. The minimum absolute atomic E-state index is 0. The Morgan fingerprint density at radius 3 is 2.77 bits per heavy atom. The summed E-state index contributed by atoms with van der Waals surface area (Å²) < 4.78 is 0. The topological polar surface area (TPSA) is 57.3 Å². The van der Waals surface area contributed by atoms with Crippen molar-refractivity contribution < 1.29 is 4.79 Å². The summed E-state index contributed by atoms with van der Waals surface area (Å²) in [6.07, 6.45) is 6.08. The zero-order valence-corrected chi connectivity index (χ0v) is 13.9. The average molecular weight is 325 g/mol. The fourth-order valence-electron chi connectivity index (χ4n) is 3.21. The molecule has 5 nitrogen and oxygen atoms in total. The molecule has 22 heavy (non-hydrogen) atoms. The van der Waals surface area contributed by atoms with Crippen LogP contribution in [-0.2, 0) is 4.79 Å². The molecule has 0 spiro atoms. The van der Waals surface area contributed by atoms with Gasteiger partial charge < -0.3 is 15.5 Å². The molecule has 0 aliphatic carbocycles. The van der Waals surface area contributed by atoms with Gasteiger partial charge in [-0.05, 0) is 51.3 Å². The molecule has 0 aromatic carbocycles. The van der Waals surface area contributed by atoms with E-state index in [4.69, 9.17) is 0 Å². The van der Waals surface area contributed by atoms with Crippen molar-refractivity contribution in [2.24, 2.45) is 5.92 Å². The number of pyridine rings is 1. The zero-order valence-electron chi connectivity index (χ0n) is 13.0. The lowest BCUT2D eigenvalue weighted by Crippen LogP contribution is -2.40. The van der Waals surface area contributed by atoms with Crippen molar-refractivity contribution in [2.75, 3.05) is 29.9 Å². The summed E-state index contributed by atoms with van der Waals surface area (Å²) in [5, 5.41) is 6.37. The van der Waals surface area contributed by atoms with Crippen LogP contribution in [0.25, 0.3) is 0 Å². The third kappa shape index (κ3) is 4.11. The number of piperidine rings is 1. The van der Waals surface area contributed by atoms with Gasteiger partial charge in [-0.2, -0.15) is 0 Å². The van der Waals surface area contributed by atoms with Crippen molar-refractivity contribution in [3.05, 3.63) is 18.3 Å². The van der Waals surface area contributed by atoms with E-state index in [1.807, 2.05) is 12.1 Å². The summed E-state index contributed by atoms with van der Waals surface area (Å²) in [4.78, 5) is 19.0. The van der Waals surface area contributed by atoms with E-state index in [0.717, 1.165) is 44.0 Å². The molecular weight excluding hydrogens is 300 g/mol. The molecule has 0 radical (unpaired) electrons. The van der Waals surface area contributed by atoms with Crippen LogP contribution in [0.2, 0.25) is 0 Å². The van der Waals surface area contributed by atoms with Crippen LogP contribution >= 0.6 is 12.4 Å². The number of hydrogen-bond acceptors (Lipinski definition) is 4. The number of hydrogen-bond donors (Lipinski definition) is 2. The van der Waals surface area contributed by atoms with Crippen molar-refractivity contribution in [1.82, 2.24) is 10.3 Å². The maximum absolute atomic E-state index is 12.3. The molecule has 1 aromatic rings. The third-order valence-electron chi connectivity index (χ3n) is 4.44. The highest BCUT2D eigenvalue weighted by Crippen LogP contribution is 2.21. The maximum atomic E-state index is 12.3. The molecule has 0 bridgehead atoms. The van der Waals surface area contributed by atoms with E-state index in [0.29, 0.717) is 6.04 Å². The first-order chi connectivity index (χ1) is 10.2. The first-order valence-corrected chi connectivity index (χ1v) is 7.97. The second kappa shape index (κ2) is 7.79. The van der Waals surface area contributed by atoms with Crippen LogP contribution in [0.5, 0.6) is 0 Å². The molecule has 6 heteroatoms. The van der Waals surface area contributed by atoms with Gasteiger partial charge in [0.1, 0.15) is 5.82 Å². The molecule has 3 rings (SSSR count). The Morgan fingerprint density at radius 2 is 2.14 bits per heavy atom. The second-order valence-corrected chi connectivity index (χ2v) is 6.16. The van der Waals surface area contributed by atoms with Gasteiger partial charge in [0, 0.05) is 25.0 Å². The summed E-state index contributed by atoms with van der Waals surface area (Å²) >= 11 is 0. The van der Waals surface area contributed by atoms with E-state index in [2.05, 4.69) is 27.4 Å². The van der Waals surface area contributed by atoms with E-state index in [9.17, 15) is 4.79 Å². The smallest absolute Gasteiger partial charge is 0.227 e. The third-order valence-corrected chi connectivity index (χ3v) is 4.44. The van der Waals surface area contributed by atoms with Gasteiger partial charge in [0.05, 0.1) is 11.9 Å². The van der Waals surface area contributed by atoms with Crippen LogP contribution in [0.3, 0.4) is 0 Å². The SMILES string of the molecule is C[C@H]1C[C@@H](C(=O)Nc2ccc(N3CCCC3)nc2)CCN1.Cl. The maximum Gasteiger partial charge on any atom is 0.227 e. The summed E-state index contributed by atoms with van der Waals surface area (Å²) in [5.41, 5.74) is 0.800. The van der Waals surface area contributed by atoms with E-state index in [-0.39, 0.29) is 24.2 Å². The molecule has 1 amide bonds. The lowest BCUT2D eigenvalue weighted by atomic mass is 9.92. The molecule has 2 atom stereocenters. The molecule has 0 saturated carbocycles. The fourth-order valence-corrected chi connectivity index (χ4v) is 3.21. The first-order valence-electron chi connectivity index (χ1n) is 7.97. The Kier molecular flexibility index (Phi) is 6.03. The highest BCUT2D eigenvalue weighted by atomic mass is 35.5. The number of nitrogens with one attached hydrogen (secondary N) is 2. The number of rotatable bonds is 3. The van der Waals surface area contributed by atoms with Crippen LogP contribution in [0, 0.1) is 5.92 Å². The van der Waals surface area contributed by atoms with Gasteiger partial charge in [0.25, 0.3) is 0 Å². The standard InChI is InChI=1S/C16H24N4O.ClH/c1-12-10-13(6-7-17-12)16(21)19-14-4-5-15(18-11-14)20-8-2-3-9-20;/h4-5,11-13,17H,2-3,6-10H2,1H3,(H,19,21);1H/t12-,13-;/m0./s1. The van der Waals surface area contributed by atoms with Crippen LogP contribution in [0.4, 0.5) is 11.5 Å². The Labute approximate surface area is 138 Å². The second-order valence-electron chi connectivity index (χ2n) is 6.16. The average Bonchev–Trinajstić information content (AvgIpc) is 3.02. The Bertz CT molecular complexity index is 487. The van der Waals surface area contributed by atoms with Gasteiger partial charge in [0.15, 0.2) is 0 Å². The number of carbonyl (C=O) groups is 1. The van der Waals surface area contributed by atoms with Crippen LogP contribution in [0.1, 0.15) is 32.6 Å². The molecule has 2 aliphatic rings. The summed E-state index contributed by atoms with van der Waals surface area (Å²) in [7, 11) is 0. The van der Waals surface area contributed by atoms with Crippen molar-refractivity contribution >= 4 is 29.8 Å². The van der Waals surface area contributed by atoms with Crippen LogP contribution in [0.15, 0.2) is 18.3 Å². The molecule has 3 heterocycles. The van der Waals surface area contributed by atoms with E-state index >= 15 is 0 Å². The largest absolute Gasteiger partial charge is 0.357 e. The predicted octanol–water partition coefficient (Wildman–Crippen LogP) is 2.43. The minimum atomic E-state index is 0. The molecule has 2 fully saturated rings. The first kappa shape index (κ1) is 17.0. The highest BCUT2D eigenvalue weighted by Gasteiger charge is 2.24. The van der Waals surface area contributed by atoms with Crippen molar-refractivity contribution in [1.29, 1.82) is 0 Å².